The number of rotatable bonds is 6. The van der Waals surface area contributed by atoms with Crippen LogP contribution in [0.4, 0.5) is 5.69 Å². The van der Waals surface area contributed by atoms with Crippen molar-refractivity contribution in [3.63, 3.8) is 0 Å². The number of hydrogen-bond acceptors (Lipinski definition) is 5. The quantitative estimate of drug-likeness (QED) is 0.835. The van der Waals surface area contributed by atoms with Crippen molar-refractivity contribution in [1.29, 1.82) is 0 Å². The maximum atomic E-state index is 12.7. The third-order valence-electron chi connectivity index (χ3n) is 3.89. The SMILES string of the molecule is COc1ccc(OC)c(NC(=O)c2cc(S(=O)(=O)N(C)C)ccc2C)c1. The lowest BCUT2D eigenvalue weighted by atomic mass is 10.1. The van der Waals surface area contributed by atoms with E-state index in [2.05, 4.69) is 5.32 Å². The number of sulfonamides is 1. The Labute approximate surface area is 153 Å². The number of nitrogens with zero attached hydrogens (tertiary/aromatic N) is 1. The molecule has 0 fully saturated rings. The van der Waals surface area contributed by atoms with E-state index in [1.807, 2.05) is 0 Å². The zero-order chi connectivity index (χ0) is 19.5. The number of anilines is 1. The van der Waals surface area contributed by atoms with Crippen LogP contribution in [0.5, 0.6) is 11.5 Å². The Kier molecular flexibility index (Phi) is 5.89. The summed E-state index contributed by atoms with van der Waals surface area (Å²) < 4.78 is 36.1. The molecular formula is C18H22N2O5S. The Hall–Kier alpha value is -2.58. The van der Waals surface area contributed by atoms with Crippen LogP contribution in [0.3, 0.4) is 0 Å². The lowest BCUT2D eigenvalue weighted by Gasteiger charge is -2.15. The maximum absolute atomic E-state index is 12.7. The predicted octanol–water partition coefficient (Wildman–Crippen LogP) is 2.51. The average Bonchev–Trinajstić information content (AvgIpc) is 2.61. The van der Waals surface area contributed by atoms with E-state index < -0.39 is 15.9 Å². The summed E-state index contributed by atoms with van der Waals surface area (Å²) in [6.45, 7) is 1.74. The van der Waals surface area contributed by atoms with Crippen molar-refractivity contribution < 1.29 is 22.7 Å². The number of methoxy groups -OCH3 is 2. The van der Waals surface area contributed by atoms with Crippen LogP contribution in [0.2, 0.25) is 0 Å². The Balaban J connectivity index is 2.42. The highest BCUT2D eigenvalue weighted by molar-refractivity contribution is 7.89. The summed E-state index contributed by atoms with van der Waals surface area (Å²) in [6.07, 6.45) is 0. The van der Waals surface area contributed by atoms with Crippen molar-refractivity contribution in [2.45, 2.75) is 11.8 Å². The molecule has 26 heavy (non-hydrogen) atoms. The molecule has 7 nitrogen and oxygen atoms in total. The zero-order valence-corrected chi connectivity index (χ0v) is 16.2. The van der Waals surface area contributed by atoms with E-state index in [4.69, 9.17) is 9.47 Å². The molecule has 2 rings (SSSR count). The third-order valence-corrected chi connectivity index (χ3v) is 5.70. The summed E-state index contributed by atoms with van der Waals surface area (Å²) in [7, 11) is 2.26. The number of benzene rings is 2. The van der Waals surface area contributed by atoms with Crippen molar-refractivity contribution in [3.05, 3.63) is 47.5 Å². The fourth-order valence-corrected chi connectivity index (χ4v) is 3.25. The molecule has 0 unspecified atom stereocenters. The minimum Gasteiger partial charge on any atom is -0.497 e. The highest BCUT2D eigenvalue weighted by Gasteiger charge is 2.21. The first kappa shape index (κ1) is 19.7. The molecule has 0 atom stereocenters. The van der Waals surface area contributed by atoms with E-state index in [1.54, 1.807) is 31.2 Å². The van der Waals surface area contributed by atoms with Crippen LogP contribution in [0.15, 0.2) is 41.3 Å². The standard InChI is InChI=1S/C18H22N2O5S/c1-12-6-8-14(26(22,23)20(2)3)11-15(12)18(21)19-16-10-13(24-4)7-9-17(16)25-5/h6-11H,1-5H3,(H,19,21). The largest absolute Gasteiger partial charge is 0.497 e. The van der Waals surface area contributed by atoms with Gasteiger partial charge in [0.1, 0.15) is 11.5 Å². The molecule has 0 aliphatic carbocycles. The highest BCUT2D eigenvalue weighted by atomic mass is 32.2. The minimum atomic E-state index is -3.64. The lowest BCUT2D eigenvalue weighted by Crippen LogP contribution is -2.23. The molecule has 0 aromatic heterocycles. The fraction of sp³-hybridized carbons (Fsp3) is 0.278. The monoisotopic (exact) mass is 378 g/mol. The average molecular weight is 378 g/mol. The van der Waals surface area contributed by atoms with E-state index in [0.717, 1.165) is 4.31 Å². The Bertz CT molecular complexity index is 923. The van der Waals surface area contributed by atoms with Gasteiger partial charge in [0.15, 0.2) is 0 Å². The summed E-state index contributed by atoms with van der Waals surface area (Å²) in [6, 6.07) is 9.47. The van der Waals surface area contributed by atoms with Crippen LogP contribution in [0, 0.1) is 6.92 Å². The molecule has 0 saturated heterocycles. The molecule has 0 saturated carbocycles. The zero-order valence-electron chi connectivity index (χ0n) is 15.4. The molecule has 2 aromatic carbocycles. The van der Waals surface area contributed by atoms with Gasteiger partial charge in [0, 0.05) is 25.7 Å². The summed E-state index contributed by atoms with van der Waals surface area (Å²) in [5.74, 6) is 0.584. The summed E-state index contributed by atoms with van der Waals surface area (Å²) in [5, 5.41) is 2.75. The third kappa shape index (κ3) is 3.97. The number of carbonyl (C=O) groups is 1. The van der Waals surface area contributed by atoms with Crippen molar-refractivity contribution in [2.24, 2.45) is 0 Å². The van der Waals surface area contributed by atoms with Gasteiger partial charge in [-0.05, 0) is 36.8 Å². The van der Waals surface area contributed by atoms with Gasteiger partial charge in [0.25, 0.3) is 5.91 Å². The number of amides is 1. The van der Waals surface area contributed by atoms with Crippen LogP contribution in [0.25, 0.3) is 0 Å². The molecule has 0 radical (unpaired) electrons. The lowest BCUT2D eigenvalue weighted by molar-refractivity contribution is 0.102. The van der Waals surface area contributed by atoms with Gasteiger partial charge < -0.3 is 14.8 Å². The number of carbonyl (C=O) groups excluding carboxylic acids is 1. The van der Waals surface area contributed by atoms with Gasteiger partial charge in [-0.1, -0.05) is 6.07 Å². The number of nitrogens with one attached hydrogen (secondary N) is 1. The van der Waals surface area contributed by atoms with Crippen molar-refractivity contribution in [1.82, 2.24) is 4.31 Å². The first-order valence-electron chi connectivity index (χ1n) is 7.77. The van der Waals surface area contributed by atoms with E-state index >= 15 is 0 Å². The molecule has 1 N–H and O–H groups in total. The molecule has 8 heteroatoms. The van der Waals surface area contributed by atoms with Crippen molar-refractivity contribution >= 4 is 21.6 Å². The summed E-state index contributed by atoms with van der Waals surface area (Å²) in [5.41, 5.74) is 1.34. The van der Waals surface area contributed by atoms with Crippen molar-refractivity contribution in [2.75, 3.05) is 33.6 Å². The van der Waals surface area contributed by atoms with E-state index in [9.17, 15) is 13.2 Å². The van der Waals surface area contributed by atoms with E-state index in [-0.39, 0.29) is 10.5 Å². The van der Waals surface area contributed by atoms with Gasteiger partial charge in [-0.25, -0.2) is 12.7 Å². The van der Waals surface area contributed by atoms with Crippen LogP contribution in [-0.4, -0.2) is 46.9 Å². The van der Waals surface area contributed by atoms with Gasteiger partial charge in [0.2, 0.25) is 10.0 Å². The number of hydrogen-bond donors (Lipinski definition) is 1. The second-order valence-electron chi connectivity index (χ2n) is 5.78. The topological polar surface area (TPSA) is 84.9 Å². The van der Waals surface area contributed by atoms with Crippen LogP contribution in [-0.2, 0) is 10.0 Å². The second-order valence-corrected chi connectivity index (χ2v) is 7.94. The molecule has 0 spiro atoms. The van der Waals surface area contributed by atoms with Crippen LogP contribution in [0.1, 0.15) is 15.9 Å². The van der Waals surface area contributed by atoms with E-state index in [1.165, 1.54) is 40.4 Å². The van der Waals surface area contributed by atoms with Gasteiger partial charge in [0.05, 0.1) is 24.8 Å². The maximum Gasteiger partial charge on any atom is 0.256 e. The van der Waals surface area contributed by atoms with Crippen LogP contribution < -0.4 is 14.8 Å². The Morgan fingerprint density at radius 2 is 1.73 bits per heavy atom. The van der Waals surface area contributed by atoms with Gasteiger partial charge in [-0.3, -0.25) is 4.79 Å². The molecule has 0 bridgehead atoms. The fourth-order valence-electron chi connectivity index (χ4n) is 2.32. The molecular weight excluding hydrogens is 356 g/mol. The highest BCUT2D eigenvalue weighted by Crippen LogP contribution is 2.29. The minimum absolute atomic E-state index is 0.0517. The molecule has 0 aliphatic heterocycles. The Morgan fingerprint density at radius 3 is 2.31 bits per heavy atom. The number of ether oxygens (including phenoxy) is 2. The number of aryl methyl sites for hydroxylation is 1. The molecule has 2 aromatic rings. The second kappa shape index (κ2) is 7.76. The molecule has 1 amide bonds. The Morgan fingerprint density at radius 1 is 1.04 bits per heavy atom. The van der Waals surface area contributed by atoms with Gasteiger partial charge >= 0.3 is 0 Å². The normalized spacial score (nSPS) is 11.3. The molecule has 0 heterocycles. The molecule has 140 valence electrons. The molecule has 0 aliphatic rings. The van der Waals surface area contributed by atoms with E-state index in [0.29, 0.717) is 22.7 Å². The predicted molar refractivity (Wildman–Crippen MR) is 99.6 cm³/mol. The first-order valence-corrected chi connectivity index (χ1v) is 9.21. The van der Waals surface area contributed by atoms with Crippen molar-refractivity contribution in [3.8, 4) is 11.5 Å². The summed E-state index contributed by atoms with van der Waals surface area (Å²) in [4.78, 5) is 12.8. The van der Waals surface area contributed by atoms with Gasteiger partial charge in [-0.2, -0.15) is 0 Å². The van der Waals surface area contributed by atoms with Gasteiger partial charge in [-0.15, -0.1) is 0 Å². The first-order chi connectivity index (χ1) is 12.2. The summed E-state index contributed by atoms with van der Waals surface area (Å²) >= 11 is 0. The smallest absolute Gasteiger partial charge is 0.256 e. The van der Waals surface area contributed by atoms with Crippen LogP contribution >= 0.6 is 0 Å².